The summed E-state index contributed by atoms with van der Waals surface area (Å²) in [7, 11) is 1.42. The van der Waals surface area contributed by atoms with Crippen LogP contribution in [-0.2, 0) is 6.61 Å². The molecule has 0 saturated carbocycles. The Kier molecular flexibility index (Phi) is 6.51. The number of phenols is 1. The Morgan fingerprint density at radius 3 is 2.81 bits per heavy atom. The summed E-state index contributed by atoms with van der Waals surface area (Å²) < 4.78 is 15.9. The van der Waals surface area contributed by atoms with Crippen LogP contribution in [0.2, 0.25) is 0 Å². The van der Waals surface area contributed by atoms with Crippen molar-refractivity contribution in [1.29, 1.82) is 0 Å². The zero-order valence-corrected chi connectivity index (χ0v) is 16.7. The Morgan fingerprint density at radius 2 is 2.06 bits per heavy atom. The van der Waals surface area contributed by atoms with Crippen LogP contribution in [0.1, 0.15) is 27.4 Å². The van der Waals surface area contributed by atoms with E-state index in [2.05, 4.69) is 10.5 Å². The first kappa shape index (κ1) is 21.4. The molecule has 0 radical (unpaired) electrons. The summed E-state index contributed by atoms with van der Waals surface area (Å²) in [4.78, 5) is 22.8. The first-order valence-electron chi connectivity index (χ1n) is 9.05. The van der Waals surface area contributed by atoms with Crippen LogP contribution in [0.5, 0.6) is 17.2 Å². The van der Waals surface area contributed by atoms with Crippen molar-refractivity contribution in [2.45, 2.75) is 13.5 Å². The molecule has 0 fully saturated rings. The highest BCUT2D eigenvalue weighted by Crippen LogP contribution is 2.29. The SMILES string of the molecule is COc1cccc(/C=N/NC(=O)c2ccc(COc3ccc(C)cc3[N+](=O)[O-])o2)c1O. The van der Waals surface area contributed by atoms with Crippen molar-refractivity contribution in [3.63, 3.8) is 0 Å². The maximum atomic E-state index is 12.2. The van der Waals surface area contributed by atoms with E-state index in [4.69, 9.17) is 13.9 Å². The van der Waals surface area contributed by atoms with Gasteiger partial charge in [0.1, 0.15) is 12.4 Å². The number of nitrogens with one attached hydrogen (secondary N) is 1. The second kappa shape index (κ2) is 9.44. The van der Waals surface area contributed by atoms with Crippen LogP contribution in [0.4, 0.5) is 5.69 Å². The van der Waals surface area contributed by atoms with E-state index >= 15 is 0 Å². The van der Waals surface area contributed by atoms with Crippen molar-refractivity contribution in [3.8, 4) is 17.2 Å². The molecular formula is C21H19N3O7. The fourth-order valence-electron chi connectivity index (χ4n) is 2.64. The van der Waals surface area contributed by atoms with Gasteiger partial charge in [0, 0.05) is 11.6 Å². The molecular weight excluding hydrogens is 406 g/mol. The first-order valence-corrected chi connectivity index (χ1v) is 9.05. The van der Waals surface area contributed by atoms with Crippen molar-refractivity contribution in [1.82, 2.24) is 5.43 Å². The number of methoxy groups -OCH3 is 1. The van der Waals surface area contributed by atoms with E-state index in [1.54, 1.807) is 31.2 Å². The number of nitrogens with zero attached hydrogens (tertiary/aromatic N) is 2. The Morgan fingerprint density at radius 1 is 1.26 bits per heavy atom. The fourth-order valence-corrected chi connectivity index (χ4v) is 2.64. The van der Waals surface area contributed by atoms with Crippen molar-refractivity contribution < 1.29 is 28.7 Å². The fraction of sp³-hybridized carbons (Fsp3) is 0.143. The summed E-state index contributed by atoms with van der Waals surface area (Å²) >= 11 is 0. The molecule has 0 bridgehead atoms. The van der Waals surface area contributed by atoms with Crippen molar-refractivity contribution in [3.05, 3.63) is 81.3 Å². The number of carbonyl (C=O) groups is 1. The van der Waals surface area contributed by atoms with Crippen LogP contribution >= 0.6 is 0 Å². The van der Waals surface area contributed by atoms with Gasteiger partial charge in [-0.3, -0.25) is 14.9 Å². The minimum Gasteiger partial charge on any atom is -0.504 e. The zero-order valence-electron chi connectivity index (χ0n) is 16.7. The number of aromatic hydroxyl groups is 1. The number of ether oxygens (including phenoxy) is 2. The number of nitro benzene ring substituents is 1. The predicted molar refractivity (Wildman–Crippen MR) is 111 cm³/mol. The average molecular weight is 425 g/mol. The van der Waals surface area contributed by atoms with Crippen molar-refractivity contribution in [2.75, 3.05) is 7.11 Å². The molecule has 160 valence electrons. The molecule has 10 nitrogen and oxygen atoms in total. The highest BCUT2D eigenvalue weighted by molar-refractivity contribution is 5.93. The van der Waals surface area contributed by atoms with Crippen LogP contribution < -0.4 is 14.9 Å². The number of nitro groups is 1. The minimum absolute atomic E-state index is 0.0241. The van der Waals surface area contributed by atoms with Crippen LogP contribution in [0.3, 0.4) is 0 Å². The third kappa shape index (κ3) is 5.18. The van der Waals surface area contributed by atoms with Gasteiger partial charge in [-0.2, -0.15) is 5.10 Å². The standard InChI is InChI=1S/C21H19N3O7/c1-13-6-8-17(16(10-13)24(27)28)30-12-15-7-9-19(31-15)21(26)23-22-11-14-4-3-5-18(29-2)20(14)25/h3-11,25H,12H2,1-2H3,(H,23,26)/b22-11+. The van der Waals surface area contributed by atoms with Crippen LogP contribution in [0, 0.1) is 17.0 Å². The van der Waals surface area contributed by atoms with Gasteiger partial charge in [-0.1, -0.05) is 12.1 Å². The van der Waals surface area contributed by atoms with Gasteiger partial charge >= 0.3 is 11.6 Å². The van der Waals surface area contributed by atoms with E-state index in [1.165, 1.54) is 37.6 Å². The molecule has 0 aliphatic carbocycles. The van der Waals surface area contributed by atoms with E-state index in [1.807, 2.05) is 0 Å². The Bertz CT molecular complexity index is 1140. The van der Waals surface area contributed by atoms with Crippen LogP contribution in [0.25, 0.3) is 0 Å². The number of hydrazone groups is 1. The largest absolute Gasteiger partial charge is 0.504 e. The lowest BCUT2D eigenvalue weighted by Crippen LogP contribution is -2.16. The Balaban J connectivity index is 1.61. The number of aryl methyl sites for hydroxylation is 1. The highest BCUT2D eigenvalue weighted by atomic mass is 16.6. The minimum atomic E-state index is -0.619. The second-order valence-electron chi connectivity index (χ2n) is 6.38. The highest BCUT2D eigenvalue weighted by Gasteiger charge is 2.17. The Hall–Kier alpha value is -4.34. The molecule has 0 atom stereocenters. The summed E-state index contributed by atoms with van der Waals surface area (Å²) in [6.07, 6.45) is 1.26. The number of phenolic OH excluding ortho intramolecular Hbond substituents is 1. The van der Waals surface area contributed by atoms with E-state index in [0.717, 1.165) is 5.56 Å². The summed E-state index contributed by atoms with van der Waals surface area (Å²) in [6.45, 7) is 1.64. The van der Waals surface area contributed by atoms with Gasteiger partial charge in [0.05, 0.1) is 18.2 Å². The predicted octanol–water partition coefficient (Wildman–Crippen LogP) is 3.55. The maximum absolute atomic E-state index is 12.2. The lowest BCUT2D eigenvalue weighted by molar-refractivity contribution is -0.386. The number of carbonyl (C=O) groups excluding carboxylic acids is 1. The van der Waals surface area contributed by atoms with Gasteiger partial charge in [0.2, 0.25) is 0 Å². The van der Waals surface area contributed by atoms with Crippen molar-refractivity contribution >= 4 is 17.8 Å². The number of benzene rings is 2. The quantitative estimate of drug-likeness (QED) is 0.320. The Labute approximate surface area is 176 Å². The molecule has 1 amide bonds. The molecule has 1 heterocycles. The van der Waals surface area contributed by atoms with Gasteiger partial charge in [0.25, 0.3) is 0 Å². The van der Waals surface area contributed by atoms with Gasteiger partial charge in [-0.15, -0.1) is 0 Å². The number of para-hydroxylation sites is 1. The molecule has 0 unspecified atom stereocenters. The number of furan rings is 1. The lowest BCUT2D eigenvalue weighted by atomic mass is 10.2. The lowest BCUT2D eigenvalue weighted by Gasteiger charge is -2.05. The molecule has 31 heavy (non-hydrogen) atoms. The van der Waals surface area contributed by atoms with Crippen LogP contribution in [-0.4, -0.2) is 29.3 Å². The molecule has 2 N–H and O–H groups in total. The second-order valence-corrected chi connectivity index (χ2v) is 6.38. The first-order chi connectivity index (χ1) is 14.9. The van der Waals surface area contributed by atoms with E-state index < -0.39 is 10.8 Å². The van der Waals surface area contributed by atoms with Gasteiger partial charge in [0.15, 0.2) is 23.0 Å². The summed E-state index contributed by atoms with van der Waals surface area (Å²) in [5.41, 5.74) is 3.22. The van der Waals surface area contributed by atoms with E-state index in [0.29, 0.717) is 11.3 Å². The third-order valence-electron chi connectivity index (χ3n) is 4.19. The molecule has 3 rings (SSSR count). The molecule has 0 aliphatic rings. The molecule has 2 aromatic carbocycles. The summed E-state index contributed by atoms with van der Waals surface area (Å²) in [6, 6.07) is 12.4. The number of rotatable bonds is 8. The molecule has 0 saturated heterocycles. The summed E-state index contributed by atoms with van der Waals surface area (Å²) in [5, 5.41) is 24.9. The summed E-state index contributed by atoms with van der Waals surface area (Å²) in [5.74, 6) is -0.0734. The molecule has 0 aliphatic heterocycles. The molecule has 1 aromatic heterocycles. The van der Waals surface area contributed by atoms with Gasteiger partial charge in [-0.05, 0) is 42.8 Å². The normalized spacial score (nSPS) is 10.8. The molecule has 10 heteroatoms. The number of amides is 1. The van der Waals surface area contributed by atoms with Gasteiger partial charge < -0.3 is 19.0 Å². The number of hydrogen-bond donors (Lipinski definition) is 2. The van der Waals surface area contributed by atoms with E-state index in [-0.39, 0.29) is 35.3 Å². The zero-order chi connectivity index (χ0) is 22.4. The molecule has 0 spiro atoms. The maximum Gasteiger partial charge on any atom is 0.311 e. The third-order valence-corrected chi connectivity index (χ3v) is 4.19. The van der Waals surface area contributed by atoms with E-state index in [9.17, 15) is 20.0 Å². The van der Waals surface area contributed by atoms with Crippen molar-refractivity contribution in [2.24, 2.45) is 5.10 Å². The topological polar surface area (TPSA) is 136 Å². The van der Waals surface area contributed by atoms with Gasteiger partial charge in [-0.25, -0.2) is 5.43 Å². The monoisotopic (exact) mass is 425 g/mol. The smallest absolute Gasteiger partial charge is 0.311 e. The molecule has 3 aromatic rings. The van der Waals surface area contributed by atoms with Crippen LogP contribution in [0.15, 0.2) is 58.0 Å². The number of hydrogen-bond acceptors (Lipinski definition) is 8. The average Bonchev–Trinajstić information content (AvgIpc) is 3.23.